The van der Waals surface area contributed by atoms with Crippen LogP contribution in [0.3, 0.4) is 0 Å². The molecule has 142 valence electrons. The van der Waals surface area contributed by atoms with Gasteiger partial charge in [0, 0.05) is 23.1 Å². The Hall–Kier alpha value is -3.54. The zero-order chi connectivity index (χ0) is 20.1. The van der Waals surface area contributed by atoms with E-state index in [9.17, 15) is 9.59 Å². The molecule has 1 heterocycles. The number of anilines is 3. The molecule has 1 amide bonds. The van der Waals surface area contributed by atoms with Gasteiger partial charge in [-0.25, -0.2) is 9.97 Å². The summed E-state index contributed by atoms with van der Waals surface area (Å²) in [5.74, 6) is 0.367. The number of ketones is 1. The van der Waals surface area contributed by atoms with Gasteiger partial charge in [0.15, 0.2) is 5.78 Å². The summed E-state index contributed by atoms with van der Waals surface area (Å²) >= 11 is 0. The number of carbonyl (C=O) groups excluding carboxylic acids is 2. The summed E-state index contributed by atoms with van der Waals surface area (Å²) in [4.78, 5) is 32.4. The van der Waals surface area contributed by atoms with Crippen LogP contribution in [0.4, 0.5) is 17.3 Å². The van der Waals surface area contributed by atoms with E-state index in [1.807, 2.05) is 24.3 Å². The van der Waals surface area contributed by atoms with E-state index < -0.39 is 0 Å². The van der Waals surface area contributed by atoms with Crippen molar-refractivity contribution >= 4 is 29.0 Å². The minimum Gasteiger partial charge on any atom is -0.324 e. The molecule has 6 heteroatoms. The zero-order valence-corrected chi connectivity index (χ0v) is 16.1. The van der Waals surface area contributed by atoms with E-state index in [1.165, 1.54) is 18.7 Å². The average Bonchev–Trinajstić information content (AvgIpc) is 2.69. The Morgan fingerprint density at radius 1 is 0.964 bits per heavy atom. The number of benzene rings is 2. The molecule has 0 aliphatic carbocycles. The smallest absolute Gasteiger partial charge is 0.274 e. The molecule has 0 radical (unpaired) electrons. The van der Waals surface area contributed by atoms with Crippen LogP contribution >= 0.6 is 0 Å². The quantitative estimate of drug-likeness (QED) is 0.606. The first-order chi connectivity index (χ1) is 13.4. The third-order valence-corrected chi connectivity index (χ3v) is 4.25. The molecule has 0 saturated heterocycles. The van der Waals surface area contributed by atoms with Gasteiger partial charge in [-0.15, -0.1) is 0 Å². The van der Waals surface area contributed by atoms with E-state index in [4.69, 9.17) is 0 Å². The van der Waals surface area contributed by atoms with Crippen molar-refractivity contribution in [3.63, 3.8) is 0 Å². The van der Waals surface area contributed by atoms with Crippen LogP contribution in [-0.4, -0.2) is 21.7 Å². The van der Waals surface area contributed by atoms with E-state index in [2.05, 4.69) is 34.4 Å². The number of nitrogens with zero attached hydrogens (tertiary/aromatic N) is 2. The fourth-order valence-corrected chi connectivity index (χ4v) is 2.64. The third-order valence-electron chi connectivity index (χ3n) is 4.25. The first-order valence-corrected chi connectivity index (χ1v) is 9.05. The van der Waals surface area contributed by atoms with E-state index in [1.54, 1.807) is 30.3 Å². The monoisotopic (exact) mass is 374 g/mol. The average molecular weight is 374 g/mol. The first-order valence-electron chi connectivity index (χ1n) is 9.05. The third kappa shape index (κ3) is 4.79. The van der Waals surface area contributed by atoms with Crippen molar-refractivity contribution in [2.75, 3.05) is 10.6 Å². The lowest BCUT2D eigenvalue weighted by molar-refractivity contribution is 0.101. The molecule has 2 N–H and O–H groups in total. The van der Waals surface area contributed by atoms with Crippen LogP contribution in [0.1, 0.15) is 53.1 Å². The second-order valence-electron chi connectivity index (χ2n) is 6.76. The first kappa shape index (κ1) is 19.2. The Bertz CT molecular complexity index is 997. The van der Waals surface area contributed by atoms with Crippen LogP contribution in [0.15, 0.2) is 60.8 Å². The number of amides is 1. The van der Waals surface area contributed by atoms with Gasteiger partial charge >= 0.3 is 0 Å². The highest BCUT2D eigenvalue weighted by molar-refractivity contribution is 6.03. The molecule has 28 heavy (non-hydrogen) atoms. The highest BCUT2D eigenvalue weighted by Crippen LogP contribution is 2.18. The van der Waals surface area contributed by atoms with Gasteiger partial charge in [0.1, 0.15) is 5.69 Å². The van der Waals surface area contributed by atoms with Crippen molar-refractivity contribution in [3.8, 4) is 0 Å². The summed E-state index contributed by atoms with van der Waals surface area (Å²) in [6.45, 7) is 5.75. The molecular formula is C22H22N4O2. The Labute approximate surface area is 164 Å². The van der Waals surface area contributed by atoms with Gasteiger partial charge in [-0.2, -0.15) is 0 Å². The molecule has 3 rings (SSSR count). The van der Waals surface area contributed by atoms with Crippen molar-refractivity contribution in [1.82, 2.24) is 9.97 Å². The van der Waals surface area contributed by atoms with Crippen LogP contribution < -0.4 is 10.6 Å². The fraction of sp³-hybridized carbons (Fsp3) is 0.182. The number of aromatic nitrogens is 2. The largest absolute Gasteiger partial charge is 0.324 e. The lowest BCUT2D eigenvalue weighted by Crippen LogP contribution is -2.14. The minimum absolute atomic E-state index is 0.0267. The Morgan fingerprint density at radius 3 is 2.39 bits per heavy atom. The van der Waals surface area contributed by atoms with Crippen LogP contribution in [0.25, 0.3) is 0 Å². The topological polar surface area (TPSA) is 84.0 Å². The van der Waals surface area contributed by atoms with Crippen LogP contribution in [0.5, 0.6) is 0 Å². The molecule has 1 aromatic heterocycles. The summed E-state index contributed by atoms with van der Waals surface area (Å²) < 4.78 is 0. The Morgan fingerprint density at radius 2 is 1.71 bits per heavy atom. The normalized spacial score (nSPS) is 10.6. The Kier molecular flexibility index (Phi) is 5.79. The predicted octanol–water partition coefficient (Wildman–Crippen LogP) is 4.80. The summed E-state index contributed by atoms with van der Waals surface area (Å²) in [6, 6.07) is 16.3. The van der Waals surface area contributed by atoms with Crippen molar-refractivity contribution in [2.24, 2.45) is 0 Å². The zero-order valence-electron chi connectivity index (χ0n) is 16.1. The van der Waals surface area contributed by atoms with Crippen molar-refractivity contribution in [2.45, 2.75) is 26.7 Å². The van der Waals surface area contributed by atoms with Crippen LogP contribution in [0, 0.1) is 0 Å². The molecule has 0 aliphatic heterocycles. The van der Waals surface area contributed by atoms with Crippen molar-refractivity contribution in [3.05, 3.63) is 77.6 Å². The van der Waals surface area contributed by atoms with E-state index >= 15 is 0 Å². The fourth-order valence-electron chi connectivity index (χ4n) is 2.64. The molecule has 0 bridgehead atoms. The lowest BCUT2D eigenvalue weighted by atomic mass is 10.0. The van der Waals surface area contributed by atoms with Gasteiger partial charge in [0.2, 0.25) is 5.95 Å². The molecule has 0 fully saturated rings. The van der Waals surface area contributed by atoms with Gasteiger partial charge in [-0.3, -0.25) is 9.59 Å². The van der Waals surface area contributed by atoms with Crippen molar-refractivity contribution < 1.29 is 9.59 Å². The van der Waals surface area contributed by atoms with E-state index in [0.29, 0.717) is 22.9 Å². The van der Waals surface area contributed by atoms with Gasteiger partial charge in [-0.1, -0.05) is 38.1 Å². The maximum Gasteiger partial charge on any atom is 0.274 e. The Balaban J connectivity index is 1.72. The van der Waals surface area contributed by atoms with Crippen LogP contribution in [0.2, 0.25) is 0 Å². The molecule has 0 aliphatic rings. The number of hydrogen-bond acceptors (Lipinski definition) is 5. The van der Waals surface area contributed by atoms with Crippen LogP contribution in [-0.2, 0) is 0 Å². The number of nitrogens with one attached hydrogen (secondary N) is 2. The van der Waals surface area contributed by atoms with E-state index in [-0.39, 0.29) is 23.3 Å². The molecular weight excluding hydrogens is 352 g/mol. The highest BCUT2D eigenvalue weighted by Gasteiger charge is 2.10. The summed E-state index contributed by atoms with van der Waals surface area (Å²) in [6.07, 6.45) is 1.51. The van der Waals surface area contributed by atoms with Gasteiger partial charge < -0.3 is 10.6 Å². The van der Waals surface area contributed by atoms with E-state index in [0.717, 1.165) is 0 Å². The van der Waals surface area contributed by atoms with Gasteiger partial charge in [0.25, 0.3) is 5.91 Å². The molecule has 0 spiro atoms. The number of Topliss-reactive ketones (excluding diaryl/α,β-unsaturated/α-hetero) is 1. The second kappa shape index (κ2) is 8.43. The molecule has 0 unspecified atom stereocenters. The maximum atomic E-state index is 12.5. The highest BCUT2D eigenvalue weighted by atomic mass is 16.2. The number of carbonyl (C=O) groups is 2. The summed E-state index contributed by atoms with van der Waals surface area (Å²) in [5.41, 5.74) is 3.42. The maximum absolute atomic E-state index is 12.5. The van der Waals surface area contributed by atoms with Crippen molar-refractivity contribution in [1.29, 1.82) is 0 Å². The SMILES string of the molecule is CC(=O)c1cccc(Nc2nccc(C(=O)Nc3ccc(C(C)C)cc3)n2)c1. The molecule has 0 atom stereocenters. The molecule has 6 nitrogen and oxygen atoms in total. The second-order valence-corrected chi connectivity index (χ2v) is 6.76. The lowest BCUT2D eigenvalue weighted by Gasteiger charge is -2.09. The molecule has 0 saturated carbocycles. The predicted molar refractivity (Wildman–Crippen MR) is 110 cm³/mol. The summed E-state index contributed by atoms with van der Waals surface area (Å²) in [5, 5.41) is 5.86. The molecule has 3 aromatic rings. The minimum atomic E-state index is -0.319. The molecule has 2 aromatic carbocycles. The van der Waals surface area contributed by atoms with Gasteiger partial charge in [0.05, 0.1) is 0 Å². The standard InChI is InChI=1S/C22H22N4O2/c1-14(2)16-7-9-18(10-8-16)24-21(28)20-11-12-23-22(26-20)25-19-6-4-5-17(13-19)15(3)27/h4-14H,1-3H3,(H,24,28)(H,23,25,26). The number of rotatable bonds is 6. The number of hydrogen-bond donors (Lipinski definition) is 2. The van der Waals surface area contributed by atoms with Gasteiger partial charge in [-0.05, 0) is 48.7 Å². The summed E-state index contributed by atoms with van der Waals surface area (Å²) in [7, 11) is 0.